The van der Waals surface area contributed by atoms with Crippen LogP contribution in [0.3, 0.4) is 0 Å². The van der Waals surface area contributed by atoms with Gasteiger partial charge in [0.15, 0.2) is 5.58 Å². The molecule has 1 heterocycles. The van der Waals surface area contributed by atoms with E-state index in [4.69, 9.17) is 4.42 Å². The lowest BCUT2D eigenvalue weighted by Gasteiger charge is -2.36. The molecule has 1 aliphatic carbocycles. The van der Waals surface area contributed by atoms with Crippen LogP contribution >= 0.6 is 0 Å². The first-order valence-electron chi connectivity index (χ1n) is 6.65. The Morgan fingerprint density at radius 1 is 1.40 bits per heavy atom. The number of aromatic nitrogens is 1. The number of nitrogens with zero attached hydrogens (tertiary/aromatic N) is 1. The molecule has 106 valence electrons. The maximum atomic E-state index is 11.9. The fourth-order valence-corrected chi connectivity index (χ4v) is 2.39. The molecule has 20 heavy (non-hydrogen) atoms. The third-order valence-corrected chi connectivity index (χ3v) is 3.77. The number of aliphatic hydroxyl groups is 1. The zero-order chi connectivity index (χ0) is 14.2. The van der Waals surface area contributed by atoms with Crippen LogP contribution < -0.4 is 11.1 Å². The summed E-state index contributed by atoms with van der Waals surface area (Å²) in [6.07, 6.45) is 2.40. The Balaban J connectivity index is 1.71. The molecule has 1 aromatic carbocycles. The molecule has 1 aromatic heterocycles. The van der Waals surface area contributed by atoms with Crippen LogP contribution in [0.25, 0.3) is 11.1 Å². The van der Waals surface area contributed by atoms with Crippen molar-refractivity contribution >= 4 is 17.0 Å². The lowest BCUT2D eigenvalue weighted by Crippen LogP contribution is -2.48. The van der Waals surface area contributed by atoms with E-state index in [1.165, 1.54) is 4.57 Å². The van der Waals surface area contributed by atoms with E-state index in [1.54, 1.807) is 24.3 Å². The molecule has 1 aliphatic rings. The summed E-state index contributed by atoms with van der Waals surface area (Å²) >= 11 is 0. The van der Waals surface area contributed by atoms with Gasteiger partial charge in [-0.05, 0) is 31.4 Å². The second kappa shape index (κ2) is 4.79. The molecular formula is C14H16N2O4. The fourth-order valence-electron chi connectivity index (χ4n) is 2.39. The fraction of sp³-hybridized carbons (Fsp3) is 0.429. The summed E-state index contributed by atoms with van der Waals surface area (Å²) in [5, 5.41) is 12.6. The smallest absolute Gasteiger partial charge is 0.408 e. The largest absolute Gasteiger partial charge is 0.420 e. The molecule has 0 radical (unpaired) electrons. The third-order valence-electron chi connectivity index (χ3n) is 3.77. The highest BCUT2D eigenvalue weighted by Gasteiger charge is 2.34. The average Bonchev–Trinajstić information content (AvgIpc) is 2.71. The number of carbonyl (C=O) groups excluding carboxylic acids is 1. The van der Waals surface area contributed by atoms with Gasteiger partial charge in [0.05, 0.1) is 11.1 Å². The van der Waals surface area contributed by atoms with Crippen molar-refractivity contribution < 1.29 is 14.3 Å². The number of hydrogen-bond acceptors (Lipinski definition) is 4. The predicted molar refractivity (Wildman–Crippen MR) is 72.3 cm³/mol. The zero-order valence-electron chi connectivity index (χ0n) is 11.0. The van der Waals surface area contributed by atoms with Crippen LogP contribution in [-0.2, 0) is 11.3 Å². The molecule has 0 bridgehead atoms. The quantitative estimate of drug-likeness (QED) is 0.857. The minimum absolute atomic E-state index is 0.105. The van der Waals surface area contributed by atoms with E-state index < -0.39 is 11.4 Å². The minimum Gasteiger partial charge on any atom is -0.408 e. The first-order valence-corrected chi connectivity index (χ1v) is 6.65. The number of carbonyl (C=O) groups is 1. The van der Waals surface area contributed by atoms with Gasteiger partial charge in [-0.25, -0.2) is 4.79 Å². The molecule has 6 nitrogen and oxygen atoms in total. The van der Waals surface area contributed by atoms with Gasteiger partial charge in [0.1, 0.15) is 6.54 Å². The minimum atomic E-state index is -0.765. The molecule has 0 atom stereocenters. The van der Waals surface area contributed by atoms with Gasteiger partial charge in [-0.2, -0.15) is 0 Å². The second-order valence-electron chi connectivity index (χ2n) is 5.28. The first kappa shape index (κ1) is 12.9. The van der Waals surface area contributed by atoms with Crippen LogP contribution in [0.15, 0.2) is 33.5 Å². The molecule has 2 aromatic rings. The van der Waals surface area contributed by atoms with Crippen molar-refractivity contribution in [3.05, 3.63) is 34.8 Å². The molecule has 0 unspecified atom stereocenters. The summed E-state index contributed by atoms with van der Waals surface area (Å²) in [6, 6.07) is 6.96. The number of oxazole rings is 1. The number of benzene rings is 1. The van der Waals surface area contributed by atoms with Crippen molar-refractivity contribution in [3.63, 3.8) is 0 Å². The monoisotopic (exact) mass is 276 g/mol. The molecule has 6 heteroatoms. The van der Waals surface area contributed by atoms with Crippen LogP contribution in [-0.4, -0.2) is 27.7 Å². The maximum Gasteiger partial charge on any atom is 0.420 e. The maximum absolute atomic E-state index is 11.9. The number of amides is 1. The van der Waals surface area contributed by atoms with Crippen molar-refractivity contribution in [2.75, 3.05) is 6.54 Å². The lowest BCUT2D eigenvalue weighted by molar-refractivity contribution is -0.124. The van der Waals surface area contributed by atoms with E-state index in [9.17, 15) is 14.7 Å². The summed E-state index contributed by atoms with van der Waals surface area (Å²) in [6.45, 7) is 0.127. The van der Waals surface area contributed by atoms with Gasteiger partial charge in [0, 0.05) is 6.54 Å². The SMILES string of the molecule is O=C(Cn1c(=O)oc2ccccc21)NCC1(O)CCC1. The van der Waals surface area contributed by atoms with Gasteiger partial charge >= 0.3 is 5.76 Å². The Morgan fingerprint density at radius 3 is 2.85 bits per heavy atom. The highest BCUT2D eigenvalue weighted by Crippen LogP contribution is 2.30. The summed E-state index contributed by atoms with van der Waals surface area (Å²) in [7, 11) is 0. The number of nitrogens with one attached hydrogen (secondary N) is 1. The van der Waals surface area contributed by atoms with E-state index in [0.717, 1.165) is 6.42 Å². The molecule has 0 spiro atoms. The number of fused-ring (bicyclic) bond motifs is 1. The predicted octanol–water partition coefficient (Wildman–Crippen LogP) is 0.626. The Hall–Kier alpha value is -2.08. The van der Waals surface area contributed by atoms with Gasteiger partial charge in [-0.3, -0.25) is 9.36 Å². The highest BCUT2D eigenvalue weighted by atomic mass is 16.4. The van der Waals surface area contributed by atoms with Crippen LogP contribution in [0.2, 0.25) is 0 Å². The van der Waals surface area contributed by atoms with Crippen molar-refractivity contribution in [1.82, 2.24) is 9.88 Å². The Bertz CT molecular complexity index is 697. The molecular weight excluding hydrogens is 260 g/mol. The zero-order valence-corrected chi connectivity index (χ0v) is 11.0. The average molecular weight is 276 g/mol. The number of hydrogen-bond donors (Lipinski definition) is 2. The molecule has 0 saturated heterocycles. The summed E-state index contributed by atoms with van der Waals surface area (Å²) in [5.74, 6) is -0.859. The molecule has 1 saturated carbocycles. The van der Waals surface area contributed by atoms with Gasteiger partial charge in [0.2, 0.25) is 5.91 Å². The van der Waals surface area contributed by atoms with Crippen LogP contribution in [0, 0.1) is 0 Å². The summed E-state index contributed by atoms with van der Waals surface area (Å²) in [5.41, 5.74) is 0.289. The Labute approximate surface area is 115 Å². The lowest BCUT2D eigenvalue weighted by atomic mass is 9.80. The molecule has 0 aliphatic heterocycles. The molecule has 3 rings (SSSR count). The topological polar surface area (TPSA) is 84.5 Å². The first-order chi connectivity index (χ1) is 9.57. The van der Waals surface area contributed by atoms with Gasteiger partial charge < -0.3 is 14.8 Å². The Morgan fingerprint density at radius 2 is 2.15 bits per heavy atom. The normalized spacial score (nSPS) is 16.9. The van der Waals surface area contributed by atoms with Crippen LogP contribution in [0.1, 0.15) is 19.3 Å². The molecule has 1 amide bonds. The van der Waals surface area contributed by atoms with Crippen molar-refractivity contribution in [1.29, 1.82) is 0 Å². The summed E-state index contributed by atoms with van der Waals surface area (Å²) < 4.78 is 6.34. The third kappa shape index (κ3) is 2.34. The van der Waals surface area contributed by atoms with Crippen molar-refractivity contribution in [3.8, 4) is 0 Å². The van der Waals surface area contributed by atoms with E-state index in [1.807, 2.05) is 0 Å². The summed E-state index contributed by atoms with van der Waals surface area (Å²) in [4.78, 5) is 23.6. The molecule has 2 N–H and O–H groups in total. The molecule has 1 fully saturated rings. The number of rotatable bonds is 4. The highest BCUT2D eigenvalue weighted by molar-refractivity contribution is 5.79. The van der Waals surface area contributed by atoms with Crippen LogP contribution in [0.4, 0.5) is 0 Å². The van der Waals surface area contributed by atoms with Crippen molar-refractivity contribution in [2.45, 2.75) is 31.4 Å². The van der Waals surface area contributed by atoms with Crippen molar-refractivity contribution in [2.24, 2.45) is 0 Å². The van der Waals surface area contributed by atoms with Gasteiger partial charge in [-0.1, -0.05) is 12.1 Å². The van der Waals surface area contributed by atoms with E-state index in [2.05, 4.69) is 5.32 Å². The Kier molecular flexibility index (Phi) is 3.10. The number of para-hydroxylation sites is 2. The van der Waals surface area contributed by atoms with E-state index in [0.29, 0.717) is 23.9 Å². The standard InChI is InChI=1S/C14H16N2O4/c17-12(15-9-14(19)6-3-7-14)8-16-10-4-1-2-5-11(10)20-13(16)18/h1-2,4-5,19H,3,6-9H2,(H,15,17). The van der Waals surface area contributed by atoms with Gasteiger partial charge in [0.25, 0.3) is 0 Å². The van der Waals surface area contributed by atoms with E-state index >= 15 is 0 Å². The van der Waals surface area contributed by atoms with Crippen LogP contribution in [0.5, 0.6) is 0 Å². The van der Waals surface area contributed by atoms with E-state index in [-0.39, 0.29) is 19.0 Å². The van der Waals surface area contributed by atoms with Gasteiger partial charge in [-0.15, -0.1) is 0 Å². The second-order valence-corrected chi connectivity index (χ2v) is 5.28.